The Morgan fingerprint density at radius 1 is 1.13 bits per heavy atom. The minimum absolute atomic E-state index is 0.0150. The van der Waals surface area contributed by atoms with E-state index in [0.717, 1.165) is 0 Å². The average Bonchev–Trinajstić information content (AvgIpc) is 2.73. The van der Waals surface area contributed by atoms with Crippen molar-refractivity contribution < 1.29 is 28.8 Å². The summed E-state index contributed by atoms with van der Waals surface area (Å²) in [6, 6.07) is 11.8. The lowest BCUT2D eigenvalue weighted by Gasteiger charge is -2.14. The first kappa shape index (κ1) is 22.3. The number of nitro benzene ring substituents is 1. The lowest BCUT2D eigenvalue weighted by Crippen LogP contribution is -2.32. The summed E-state index contributed by atoms with van der Waals surface area (Å²) in [5.74, 6) is -1.08. The van der Waals surface area contributed by atoms with Crippen LogP contribution < -0.4 is 15.4 Å². The molecule has 0 fully saturated rings. The molecule has 2 amide bonds. The van der Waals surface area contributed by atoms with E-state index >= 15 is 0 Å². The van der Waals surface area contributed by atoms with Crippen molar-refractivity contribution in [2.75, 3.05) is 19.0 Å². The second-order valence-electron chi connectivity index (χ2n) is 6.16. The predicted molar refractivity (Wildman–Crippen MR) is 107 cm³/mol. The summed E-state index contributed by atoms with van der Waals surface area (Å²) in [5.41, 5.74) is 0.592. The molecule has 10 heteroatoms. The second kappa shape index (κ2) is 10.6. The number of anilines is 1. The van der Waals surface area contributed by atoms with Crippen molar-refractivity contribution in [3.05, 3.63) is 64.2 Å². The quantitative estimate of drug-likeness (QED) is 0.364. The number of carbonyl (C=O) groups excluding carboxylic acids is 3. The lowest BCUT2D eigenvalue weighted by molar-refractivity contribution is -0.384. The van der Waals surface area contributed by atoms with Crippen LogP contribution in [0.4, 0.5) is 11.4 Å². The van der Waals surface area contributed by atoms with Gasteiger partial charge in [-0.1, -0.05) is 6.07 Å². The van der Waals surface area contributed by atoms with Crippen molar-refractivity contribution >= 4 is 29.2 Å². The summed E-state index contributed by atoms with van der Waals surface area (Å²) >= 11 is 0. The van der Waals surface area contributed by atoms with Crippen LogP contribution in [0.5, 0.6) is 5.75 Å². The number of nitro groups is 1. The van der Waals surface area contributed by atoms with E-state index in [-0.39, 0.29) is 24.2 Å². The number of esters is 1. The maximum absolute atomic E-state index is 12.1. The minimum atomic E-state index is -1.03. The van der Waals surface area contributed by atoms with E-state index in [0.29, 0.717) is 11.4 Å². The minimum Gasteiger partial charge on any atom is -0.497 e. The van der Waals surface area contributed by atoms with Crippen molar-refractivity contribution in [3.8, 4) is 5.75 Å². The topological polar surface area (TPSA) is 137 Å². The summed E-state index contributed by atoms with van der Waals surface area (Å²) in [6.07, 6.45) is -1.18. The van der Waals surface area contributed by atoms with Crippen LogP contribution in [-0.4, -0.2) is 42.5 Å². The van der Waals surface area contributed by atoms with Crippen molar-refractivity contribution in [2.24, 2.45) is 0 Å². The Morgan fingerprint density at radius 3 is 2.47 bits per heavy atom. The Kier molecular flexibility index (Phi) is 7.86. The van der Waals surface area contributed by atoms with Crippen molar-refractivity contribution in [2.45, 2.75) is 19.4 Å². The molecule has 2 aromatic rings. The molecule has 0 radical (unpaired) electrons. The van der Waals surface area contributed by atoms with E-state index in [1.807, 2.05) is 0 Å². The van der Waals surface area contributed by atoms with Gasteiger partial charge >= 0.3 is 5.97 Å². The number of nitrogens with one attached hydrogen (secondary N) is 2. The monoisotopic (exact) mass is 415 g/mol. The maximum Gasteiger partial charge on any atom is 0.308 e. The van der Waals surface area contributed by atoms with Gasteiger partial charge in [0.05, 0.1) is 18.5 Å². The summed E-state index contributed by atoms with van der Waals surface area (Å²) in [7, 11) is 1.51. The van der Waals surface area contributed by atoms with Crippen LogP contribution in [0.25, 0.3) is 0 Å². The zero-order valence-corrected chi connectivity index (χ0v) is 16.4. The van der Waals surface area contributed by atoms with Gasteiger partial charge in [-0.3, -0.25) is 24.5 Å². The number of nitrogens with zero attached hydrogens (tertiary/aromatic N) is 1. The van der Waals surface area contributed by atoms with Crippen LogP contribution in [0.2, 0.25) is 0 Å². The smallest absolute Gasteiger partial charge is 0.308 e. The zero-order valence-electron chi connectivity index (χ0n) is 16.4. The lowest BCUT2D eigenvalue weighted by atomic mass is 10.2. The third-order valence-corrected chi connectivity index (χ3v) is 3.97. The third-order valence-electron chi connectivity index (χ3n) is 3.97. The number of ether oxygens (including phenoxy) is 2. The molecule has 2 rings (SSSR count). The molecule has 0 saturated heterocycles. The highest BCUT2D eigenvalue weighted by Gasteiger charge is 2.18. The molecule has 1 atom stereocenters. The van der Waals surface area contributed by atoms with Gasteiger partial charge in [-0.05, 0) is 31.2 Å². The van der Waals surface area contributed by atoms with E-state index in [1.54, 1.807) is 24.3 Å². The highest BCUT2D eigenvalue weighted by Crippen LogP contribution is 2.17. The third kappa shape index (κ3) is 6.59. The summed E-state index contributed by atoms with van der Waals surface area (Å²) in [6.45, 7) is 1.42. The van der Waals surface area contributed by atoms with Gasteiger partial charge in [0.2, 0.25) is 0 Å². The molecule has 2 N–H and O–H groups in total. The molecule has 0 aliphatic heterocycles. The van der Waals surface area contributed by atoms with Crippen LogP contribution in [-0.2, 0) is 14.3 Å². The summed E-state index contributed by atoms with van der Waals surface area (Å²) in [4.78, 5) is 46.1. The van der Waals surface area contributed by atoms with E-state index < -0.39 is 28.8 Å². The molecule has 30 heavy (non-hydrogen) atoms. The van der Waals surface area contributed by atoms with Crippen LogP contribution in [0.1, 0.15) is 23.7 Å². The molecule has 0 aliphatic carbocycles. The Bertz CT molecular complexity index is 928. The van der Waals surface area contributed by atoms with E-state index in [4.69, 9.17) is 9.47 Å². The molecule has 0 aromatic heterocycles. The van der Waals surface area contributed by atoms with Crippen LogP contribution in [0.15, 0.2) is 48.5 Å². The van der Waals surface area contributed by atoms with Crippen molar-refractivity contribution in [3.63, 3.8) is 0 Å². The molecule has 0 unspecified atom stereocenters. The summed E-state index contributed by atoms with van der Waals surface area (Å²) < 4.78 is 10.1. The van der Waals surface area contributed by atoms with Gasteiger partial charge < -0.3 is 20.1 Å². The Balaban J connectivity index is 1.75. The molecule has 10 nitrogen and oxygen atoms in total. The van der Waals surface area contributed by atoms with E-state index in [2.05, 4.69) is 10.6 Å². The standard InChI is InChI=1S/C20H21N3O7/c1-13(19(25)22-15-4-3-5-17(12-15)29-2)30-18(24)10-11-21-20(26)14-6-8-16(9-7-14)23(27)28/h3-9,12-13H,10-11H2,1-2H3,(H,21,26)(H,22,25)/t13-/m0/s1. The van der Waals surface area contributed by atoms with Gasteiger partial charge in [0.1, 0.15) is 5.75 Å². The number of benzene rings is 2. The van der Waals surface area contributed by atoms with Crippen LogP contribution >= 0.6 is 0 Å². The van der Waals surface area contributed by atoms with Crippen molar-refractivity contribution in [1.29, 1.82) is 0 Å². The first-order valence-corrected chi connectivity index (χ1v) is 8.97. The highest BCUT2D eigenvalue weighted by atomic mass is 16.6. The van der Waals surface area contributed by atoms with Gasteiger partial charge in [-0.25, -0.2) is 0 Å². The van der Waals surface area contributed by atoms with Gasteiger partial charge in [0.25, 0.3) is 17.5 Å². The number of non-ortho nitro benzene ring substituents is 1. The number of methoxy groups -OCH3 is 1. The van der Waals surface area contributed by atoms with Crippen LogP contribution in [0.3, 0.4) is 0 Å². The molecular weight excluding hydrogens is 394 g/mol. The molecule has 0 saturated carbocycles. The number of hydrogen-bond donors (Lipinski definition) is 2. The largest absolute Gasteiger partial charge is 0.497 e. The number of carbonyl (C=O) groups is 3. The Morgan fingerprint density at radius 2 is 1.83 bits per heavy atom. The zero-order chi connectivity index (χ0) is 22.1. The summed E-state index contributed by atoms with van der Waals surface area (Å²) in [5, 5.41) is 15.7. The normalized spacial score (nSPS) is 11.1. The molecule has 158 valence electrons. The Hall–Kier alpha value is -3.95. The fourth-order valence-electron chi connectivity index (χ4n) is 2.37. The predicted octanol–water partition coefficient (Wildman–Crippen LogP) is 2.29. The van der Waals surface area contributed by atoms with E-state index in [1.165, 1.54) is 38.3 Å². The van der Waals surface area contributed by atoms with Gasteiger partial charge in [0.15, 0.2) is 6.10 Å². The molecule has 0 aliphatic rings. The number of rotatable bonds is 9. The number of hydrogen-bond acceptors (Lipinski definition) is 7. The highest BCUT2D eigenvalue weighted by molar-refractivity contribution is 5.96. The SMILES string of the molecule is COc1cccc(NC(=O)[C@H](C)OC(=O)CCNC(=O)c2ccc([N+](=O)[O-])cc2)c1. The second-order valence-corrected chi connectivity index (χ2v) is 6.16. The fourth-order valence-corrected chi connectivity index (χ4v) is 2.37. The first-order chi connectivity index (χ1) is 14.3. The van der Waals surface area contributed by atoms with E-state index in [9.17, 15) is 24.5 Å². The van der Waals surface area contributed by atoms with Crippen LogP contribution in [0, 0.1) is 10.1 Å². The molecule has 0 heterocycles. The van der Waals surface area contributed by atoms with Gasteiger partial charge in [-0.15, -0.1) is 0 Å². The fraction of sp³-hybridized carbons (Fsp3) is 0.250. The molecule has 2 aromatic carbocycles. The Labute approximate surface area is 172 Å². The maximum atomic E-state index is 12.1. The first-order valence-electron chi connectivity index (χ1n) is 8.97. The molecular formula is C20H21N3O7. The molecule has 0 spiro atoms. The average molecular weight is 415 g/mol. The van der Waals surface area contributed by atoms with Gasteiger partial charge in [-0.2, -0.15) is 0 Å². The number of amides is 2. The van der Waals surface area contributed by atoms with Crippen molar-refractivity contribution in [1.82, 2.24) is 5.32 Å². The molecule has 0 bridgehead atoms. The van der Waals surface area contributed by atoms with Gasteiger partial charge in [0, 0.05) is 36.0 Å².